The molecule has 4 aliphatic rings. The van der Waals surface area contributed by atoms with Crippen LogP contribution in [0.2, 0.25) is 0 Å². The Labute approximate surface area is 136 Å². The Morgan fingerprint density at radius 3 is 2.95 bits per heavy atom. The van der Waals surface area contributed by atoms with Crippen LogP contribution >= 0.6 is 11.8 Å². The molecule has 4 heteroatoms. The molecule has 0 bridgehead atoms. The number of benzene rings is 1. The minimum absolute atomic E-state index is 0.114. The molecule has 3 nitrogen and oxygen atoms in total. The SMILES string of the molecule is CN1CC[C@]2(c3ccc4c(c3)OC3(COC3)S4)CCCC[C@H]12. The van der Waals surface area contributed by atoms with E-state index in [2.05, 4.69) is 30.1 Å². The topological polar surface area (TPSA) is 21.7 Å². The number of likely N-dealkylation sites (N-methyl/N-ethyl adjacent to an activating group) is 1. The highest BCUT2D eigenvalue weighted by Crippen LogP contribution is 2.54. The van der Waals surface area contributed by atoms with Crippen molar-refractivity contribution in [3.63, 3.8) is 0 Å². The van der Waals surface area contributed by atoms with Crippen molar-refractivity contribution in [3.05, 3.63) is 23.8 Å². The Kier molecular flexibility index (Phi) is 2.90. The van der Waals surface area contributed by atoms with E-state index in [1.54, 1.807) is 0 Å². The Balaban J connectivity index is 1.52. The van der Waals surface area contributed by atoms with E-state index in [4.69, 9.17) is 9.47 Å². The predicted octanol–water partition coefficient (Wildman–Crippen LogP) is 3.41. The van der Waals surface area contributed by atoms with E-state index in [0.29, 0.717) is 11.5 Å². The first-order valence-corrected chi connectivity index (χ1v) is 9.33. The van der Waals surface area contributed by atoms with Gasteiger partial charge in [0, 0.05) is 11.5 Å². The van der Waals surface area contributed by atoms with Gasteiger partial charge in [-0.15, -0.1) is 0 Å². The fourth-order valence-corrected chi connectivity index (χ4v) is 6.11. The molecular formula is C18H23NO2S. The van der Waals surface area contributed by atoms with Gasteiger partial charge >= 0.3 is 0 Å². The molecular weight excluding hydrogens is 294 g/mol. The average Bonchev–Trinajstić information content (AvgIpc) is 3.06. The molecule has 2 atom stereocenters. The fraction of sp³-hybridized carbons (Fsp3) is 0.667. The molecule has 22 heavy (non-hydrogen) atoms. The van der Waals surface area contributed by atoms with Crippen LogP contribution in [0.3, 0.4) is 0 Å². The molecule has 3 fully saturated rings. The van der Waals surface area contributed by atoms with Crippen molar-refractivity contribution < 1.29 is 9.47 Å². The first-order chi connectivity index (χ1) is 10.7. The number of ether oxygens (including phenoxy) is 2. The summed E-state index contributed by atoms with van der Waals surface area (Å²) in [7, 11) is 2.30. The van der Waals surface area contributed by atoms with E-state index in [9.17, 15) is 0 Å². The molecule has 5 rings (SSSR count). The Hall–Kier alpha value is -0.710. The van der Waals surface area contributed by atoms with E-state index < -0.39 is 0 Å². The summed E-state index contributed by atoms with van der Waals surface area (Å²) in [5.41, 5.74) is 1.88. The summed E-state index contributed by atoms with van der Waals surface area (Å²) >= 11 is 1.85. The van der Waals surface area contributed by atoms with Crippen molar-refractivity contribution in [2.45, 2.75) is 53.4 Å². The zero-order valence-corrected chi connectivity index (χ0v) is 14.0. The molecule has 1 aromatic rings. The summed E-state index contributed by atoms with van der Waals surface area (Å²) < 4.78 is 11.6. The van der Waals surface area contributed by atoms with Gasteiger partial charge in [0.2, 0.25) is 4.93 Å². The van der Waals surface area contributed by atoms with Crippen LogP contribution in [0.4, 0.5) is 0 Å². The van der Waals surface area contributed by atoms with Crippen molar-refractivity contribution in [3.8, 4) is 5.75 Å². The Morgan fingerprint density at radius 2 is 2.14 bits per heavy atom. The molecule has 0 N–H and O–H groups in total. The van der Waals surface area contributed by atoms with Gasteiger partial charge in [-0.2, -0.15) is 0 Å². The first kappa shape index (κ1) is 13.7. The number of rotatable bonds is 1. The van der Waals surface area contributed by atoms with Gasteiger partial charge in [0.05, 0.1) is 18.1 Å². The number of nitrogens with zero attached hydrogens (tertiary/aromatic N) is 1. The third-order valence-electron chi connectivity index (χ3n) is 6.19. The maximum absolute atomic E-state index is 6.26. The zero-order chi connectivity index (χ0) is 14.8. The molecule has 2 saturated heterocycles. The molecule has 3 aliphatic heterocycles. The lowest BCUT2D eigenvalue weighted by Gasteiger charge is -2.42. The minimum Gasteiger partial charge on any atom is -0.470 e. The van der Waals surface area contributed by atoms with Gasteiger partial charge in [-0.1, -0.05) is 30.7 Å². The minimum atomic E-state index is -0.114. The lowest BCUT2D eigenvalue weighted by molar-refractivity contribution is -0.0997. The Bertz CT molecular complexity index is 611. The molecule has 1 saturated carbocycles. The third-order valence-corrected chi connectivity index (χ3v) is 7.43. The smallest absolute Gasteiger partial charge is 0.205 e. The second kappa shape index (κ2) is 4.65. The van der Waals surface area contributed by atoms with Gasteiger partial charge in [-0.05, 0) is 50.6 Å². The molecule has 0 unspecified atom stereocenters. The molecule has 1 aliphatic carbocycles. The van der Waals surface area contributed by atoms with Crippen LogP contribution in [-0.2, 0) is 10.2 Å². The molecule has 1 aromatic carbocycles. The highest BCUT2D eigenvalue weighted by molar-refractivity contribution is 8.01. The highest BCUT2D eigenvalue weighted by Gasteiger charge is 2.50. The van der Waals surface area contributed by atoms with Gasteiger partial charge in [-0.25, -0.2) is 0 Å². The van der Waals surface area contributed by atoms with Crippen LogP contribution in [0.5, 0.6) is 5.75 Å². The van der Waals surface area contributed by atoms with Gasteiger partial charge < -0.3 is 14.4 Å². The van der Waals surface area contributed by atoms with E-state index in [1.807, 2.05) is 11.8 Å². The number of fused-ring (bicyclic) bond motifs is 2. The highest BCUT2D eigenvalue weighted by atomic mass is 32.2. The summed E-state index contributed by atoms with van der Waals surface area (Å²) in [5.74, 6) is 1.10. The van der Waals surface area contributed by atoms with Crippen LogP contribution in [0, 0.1) is 0 Å². The van der Waals surface area contributed by atoms with E-state index in [1.165, 1.54) is 49.1 Å². The largest absolute Gasteiger partial charge is 0.470 e. The summed E-state index contributed by atoms with van der Waals surface area (Å²) in [6.45, 7) is 2.67. The van der Waals surface area contributed by atoms with Crippen molar-refractivity contribution in [2.24, 2.45) is 0 Å². The molecule has 0 radical (unpaired) electrons. The van der Waals surface area contributed by atoms with Crippen molar-refractivity contribution in [2.75, 3.05) is 26.8 Å². The fourth-order valence-electron chi connectivity index (χ4n) is 4.96. The first-order valence-electron chi connectivity index (χ1n) is 8.51. The monoisotopic (exact) mass is 317 g/mol. The maximum atomic E-state index is 6.26. The van der Waals surface area contributed by atoms with Gasteiger partial charge in [0.25, 0.3) is 0 Å². The van der Waals surface area contributed by atoms with Crippen LogP contribution in [-0.4, -0.2) is 42.7 Å². The van der Waals surface area contributed by atoms with Crippen LogP contribution in [0.1, 0.15) is 37.7 Å². The van der Waals surface area contributed by atoms with Crippen LogP contribution < -0.4 is 4.74 Å². The lowest BCUT2D eigenvalue weighted by atomic mass is 9.66. The number of likely N-dealkylation sites (tertiary alicyclic amines) is 1. The van der Waals surface area contributed by atoms with E-state index >= 15 is 0 Å². The third kappa shape index (κ3) is 1.78. The standard InChI is InChI=1S/C18H23NO2S/c1-19-9-8-17(7-3-2-4-16(17)19)13-5-6-15-14(10-13)21-18(22-15)11-20-12-18/h5-6,10,16H,2-4,7-9,11-12H2,1H3/t16-,17-/m0/s1. The van der Waals surface area contributed by atoms with Crippen molar-refractivity contribution in [1.82, 2.24) is 4.90 Å². The molecule has 118 valence electrons. The van der Waals surface area contributed by atoms with E-state index in [0.717, 1.165) is 19.0 Å². The normalized spacial score (nSPS) is 35.8. The Morgan fingerprint density at radius 1 is 1.23 bits per heavy atom. The molecule has 0 aromatic heterocycles. The van der Waals surface area contributed by atoms with Crippen molar-refractivity contribution >= 4 is 11.8 Å². The molecule has 0 amide bonds. The van der Waals surface area contributed by atoms with Crippen LogP contribution in [0.25, 0.3) is 0 Å². The second-order valence-corrected chi connectivity index (χ2v) is 8.81. The number of hydrogen-bond acceptors (Lipinski definition) is 4. The van der Waals surface area contributed by atoms with Gasteiger partial charge in [-0.3, -0.25) is 0 Å². The summed E-state index contributed by atoms with van der Waals surface area (Å²) in [4.78, 5) is 3.77. The van der Waals surface area contributed by atoms with Gasteiger partial charge in [0.1, 0.15) is 5.75 Å². The maximum Gasteiger partial charge on any atom is 0.205 e. The van der Waals surface area contributed by atoms with Gasteiger partial charge in [0.15, 0.2) is 0 Å². The quantitative estimate of drug-likeness (QED) is 0.791. The number of hydrogen-bond donors (Lipinski definition) is 0. The lowest BCUT2D eigenvalue weighted by Crippen LogP contribution is -2.49. The molecule has 3 heterocycles. The van der Waals surface area contributed by atoms with Crippen LogP contribution in [0.15, 0.2) is 23.1 Å². The molecule has 1 spiro atoms. The zero-order valence-electron chi connectivity index (χ0n) is 13.1. The number of thioether (sulfide) groups is 1. The second-order valence-electron chi connectivity index (χ2n) is 7.42. The summed E-state index contributed by atoms with van der Waals surface area (Å²) in [5, 5.41) is 0. The average molecular weight is 317 g/mol. The van der Waals surface area contributed by atoms with Crippen molar-refractivity contribution in [1.29, 1.82) is 0 Å². The summed E-state index contributed by atoms with van der Waals surface area (Å²) in [6.07, 6.45) is 6.74. The van der Waals surface area contributed by atoms with E-state index in [-0.39, 0.29) is 4.93 Å². The predicted molar refractivity (Wildman–Crippen MR) is 87.7 cm³/mol. The summed E-state index contributed by atoms with van der Waals surface area (Å²) in [6, 6.07) is 7.74.